The summed E-state index contributed by atoms with van der Waals surface area (Å²) in [7, 11) is 0. The van der Waals surface area contributed by atoms with Gasteiger partial charge in [0.25, 0.3) is 0 Å². The molecule has 0 aromatic carbocycles. The summed E-state index contributed by atoms with van der Waals surface area (Å²) in [6.45, 7) is 4.67. The number of hydrogen-bond donors (Lipinski definition) is 1. The molecule has 1 aromatic rings. The second-order valence-corrected chi connectivity index (χ2v) is 4.10. The van der Waals surface area contributed by atoms with Crippen molar-refractivity contribution in [2.24, 2.45) is 0 Å². The van der Waals surface area contributed by atoms with Crippen LogP contribution in [0.4, 0.5) is 5.95 Å². The number of hydrogen-bond acceptors (Lipinski definition) is 7. The Balaban J connectivity index is 2.05. The van der Waals surface area contributed by atoms with Gasteiger partial charge in [0, 0.05) is 24.8 Å². The fourth-order valence-electron chi connectivity index (χ4n) is 1.80. The van der Waals surface area contributed by atoms with Gasteiger partial charge in [-0.15, -0.1) is 0 Å². The number of aromatic nitrogens is 2. The van der Waals surface area contributed by atoms with Gasteiger partial charge in [-0.05, 0) is 6.92 Å². The largest absolute Gasteiger partial charge is 0.493 e. The van der Waals surface area contributed by atoms with Crippen LogP contribution in [-0.4, -0.2) is 54.0 Å². The molecule has 1 fully saturated rings. The lowest BCUT2D eigenvalue weighted by molar-refractivity contribution is -0.142. The van der Waals surface area contributed by atoms with Gasteiger partial charge in [-0.2, -0.15) is 4.98 Å². The molecule has 104 valence electrons. The van der Waals surface area contributed by atoms with Crippen LogP contribution in [0.5, 0.6) is 5.88 Å². The minimum absolute atomic E-state index is 0.0247. The van der Waals surface area contributed by atoms with Crippen molar-refractivity contribution >= 4 is 11.9 Å². The first-order valence-corrected chi connectivity index (χ1v) is 6.24. The number of carbonyl (C=O) groups excluding carboxylic acids is 1. The smallest absolute Gasteiger partial charge is 0.310 e. The van der Waals surface area contributed by atoms with Crippen molar-refractivity contribution in [2.45, 2.75) is 13.3 Å². The van der Waals surface area contributed by atoms with Gasteiger partial charge in [-0.3, -0.25) is 4.79 Å². The first-order chi connectivity index (χ1) is 9.20. The van der Waals surface area contributed by atoms with Gasteiger partial charge < -0.3 is 19.5 Å². The van der Waals surface area contributed by atoms with Gasteiger partial charge in [0.05, 0.1) is 26.2 Å². The Labute approximate surface area is 111 Å². The number of anilines is 1. The number of aromatic hydroxyl groups is 1. The predicted octanol–water partition coefficient (Wildman–Crippen LogP) is 0.124. The molecule has 1 aliphatic rings. The van der Waals surface area contributed by atoms with Crippen LogP contribution in [0.25, 0.3) is 0 Å². The van der Waals surface area contributed by atoms with Crippen LogP contribution in [-0.2, 0) is 20.7 Å². The summed E-state index contributed by atoms with van der Waals surface area (Å²) < 4.78 is 10.0. The summed E-state index contributed by atoms with van der Waals surface area (Å²) in [5.41, 5.74) is 0.371. The van der Waals surface area contributed by atoms with Crippen LogP contribution in [0.3, 0.4) is 0 Å². The summed E-state index contributed by atoms with van der Waals surface area (Å²) >= 11 is 0. The summed E-state index contributed by atoms with van der Waals surface area (Å²) in [5, 5.41) is 9.82. The first kappa shape index (κ1) is 13.5. The molecule has 0 spiro atoms. The van der Waals surface area contributed by atoms with Crippen molar-refractivity contribution in [3.8, 4) is 5.88 Å². The maximum atomic E-state index is 11.3. The summed E-state index contributed by atoms with van der Waals surface area (Å²) in [4.78, 5) is 21.4. The zero-order chi connectivity index (χ0) is 13.7. The average Bonchev–Trinajstić information content (AvgIpc) is 2.42. The van der Waals surface area contributed by atoms with Gasteiger partial charge >= 0.3 is 5.97 Å². The highest BCUT2D eigenvalue weighted by molar-refractivity contribution is 5.73. The van der Waals surface area contributed by atoms with Crippen molar-refractivity contribution in [1.82, 2.24) is 9.97 Å². The molecule has 0 atom stereocenters. The number of nitrogens with zero attached hydrogens (tertiary/aromatic N) is 3. The molecular weight excluding hydrogens is 250 g/mol. The summed E-state index contributed by atoms with van der Waals surface area (Å²) in [6.07, 6.45) is 1.44. The fourth-order valence-corrected chi connectivity index (χ4v) is 1.80. The third-order valence-electron chi connectivity index (χ3n) is 2.76. The molecule has 1 aromatic heterocycles. The Morgan fingerprint density at radius 2 is 2.26 bits per heavy atom. The van der Waals surface area contributed by atoms with Crippen LogP contribution >= 0.6 is 0 Å². The van der Waals surface area contributed by atoms with E-state index in [4.69, 9.17) is 9.47 Å². The van der Waals surface area contributed by atoms with Crippen molar-refractivity contribution in [1.29, 1.82) is 0 Å². The van der Waals surface area contributed by atoms with Crippen LogP contribution in [0.2, 0.25) is 0 Å². The van der Waals surface area contributed by atoms with Gasteiger partial charge in [0.1, 0.15) is 0 Å². The zero-order valence-corrected chi connectivity index (χ0v) is 10.8. The number of rotatable bonds is 4. The standard InChI is InChI=1S/C12H17N3O4/c1-2-19-10(16)7-9-8-13-12(14-11(9)17)15-3-5-18-6-4-15/h8H,2-7H2,1H3,(H,13,14,17). The molecule has 0 bridgehead atoms. The summed E-state index contributed by atoms with van der Waals surface area (Å²) in [5.74, 6) is -0.126. The molecule has 0 amide bonds. The number of esters is 1. The van der Waals surface area contributed by atoms with E-state index in [0.29, 0.717) is 44.4 Å². The van der Waals surface area contributed by atoms with Crippen molar-refractivity contribution in [3.63, 3.8) is 0 Å². The van der Waals surface area contributed by atoms with Crippen molar-refractivity contribution in [3.05, 3.63) is 11.8 Å². The van der Waals surface area contributed by atoms with E-state index in [1.54, 1.807) is 6.92 Å². The van der Waals surface area contributed by atoms with Gasteiger partial charge in [-0.25, -0.2) is 4.98 Å². The quantitative estimate of drug-likeness (QED) is 0.776. The normalized spacial score (nSPS) is 15.3. The number of ether oxygens (including phenoxy) is 2. The van der Waals surface area contributed by atoms with E-state index in [9.17, 15) is 9.90 Å². The third-order valence-corrected chi connectivity index (χ3v) is 2.76. The van der Waals surface area contributed by atoms with E-state index in [0.717, 1.165) is 0 Å². The van der Waals surface area contributed by atoms with Gasteiger partial charge in [0.2, 0.25) is 11.8 Å². The van der Waals surface area contributed by atoms with Gasteiger partial charge in [0.15, 0.2) is 0 Å². The van der Waals surface area contributed by atoms with Crippen LogP contribution in [0.15, 0.2) is 6.20 Å². The lowest BCUT2D eigenvalue weighted by atomic mass is 10.2. The number of morpholine rings is 1. The molecule has 0 aliphatic carbocycles. The Kier molecular flexibility index (Phi) is 4.51. The highest BCUT2D eigenvalue weighted by Gasteiger charge is 2.17. The minimum Gasteiger partial charge on any atom is -0.493 e. The Hall–Kier alpha value is -1.89. The van der Waals surface area contributed by atoms with Crippen LogP contribution in [0, 0.1) is 0 Å². The molecule has 2 rings (SSSR count). The second kappa shape index (κ2) is 6.33. The molecule has 1 saturated heterocycles. The highest BCUT2D eigenvalue weighted by Crippen LogP contribution is 2.18. The van der Waals surface area contributed by atoms with E-state index >= 15 is 0 Å². The summed E-state index contributed by atoms with van der Waals surface area (Å²) in [6, 6.07) is 0. The van der Waals surface area contributed by atoms with Gasteiger partial charge in [-0.1, -0.05) is 0 Å². The van der Waals surface area contributed by atoms with Crippen LogP contribution in [0.1, 0.15) is 12.5 Å². The van der Waals surface area contributed by atoms with Crippen molar-refractivity contribution < 1.29 is 19.4 Å². The topological polar surface area (TPSA) is 84.8 Å². The Bertz CT molecular complexity index is 447. The predicted molar refractivity (Wildman–Crippen MR) is 67.1 cm³/mol. The average molecular weight is 267 g/mol. The molecule has 0 saturated carbocycles. The minimum atomic E-state index is -0.402. The highest BCUT2D eigenvalue weighted by atomic mass is 16.5. The molecule has 1 N–H and O–H groups in total. The molecule has 7 heteroatoms. The second-order valence-electron chi connectivity index (χ2n) is 4.10. The monoisotopic (exact) mass is 267 g/mol. The van der Waals surface area contributed by atoms with Crippen molar-refractivity contribution in [2.75, 3.05) is 37.8 Å². The molecule has 2 heterocycles. The SMILES string of the molecule is CCOC(=O)Cc1cnc(N2CCOCC2)nc1O. The number of carbonyl (C=O) groups is 1. The lowest BCUT2D eigenvalue weighted by Gasteiger charge is -2.26. The molecular formula is C12H17N3O4. The fraction of sp³-hybridized carbons (Fsp3) is 0.583. The van der Waals surface area contributed by atoms with E-state index in [1.807, 2.05) is 4.90 Å². The molecule has 1 aliphatic heterocycles. The van der Waals surface area contributed by atoms with E-state index in [-0.39, 0.29) is 12.3 Å². The Morgan fingerprint density at radius 3 is 2.89 bits per heavy atom. The lowest BCUT2D eigenvalue weighted by Crippen LogP contribution is -2.37. The molecule has 7 nitrogen and oxygen atoms in total. The maximum Gasteiger partial charge on any atom is 0.310 e. The van der Waals surface area contributed by atoms with E-state index in [1.165, 1.54) is 6.20 Å². The molecule has 0 radical (unpaired) electrons. The van der Waals surface area contributed by atoms with Crippen LogP contribution < -0.4 is 4.90 Å². The first-order valence-electron chi connectivity index (χ1n) is 6.24. The van der Waals surface area contributed by atoms with E-state index in [2.05, 4.69) is 9.97 Å². The molecule has 0 unspecified atom stereocenters. The van der Waals surface area contributed by atoms with E-state index < -0.39 is 5.97 Å². The zero-order valence-electron chi connectivity index (χ0n) is 10.8. The maximum absolute atomic E-state index is 11.3. The molecule has 19 heavy (non-hydrogen) atoms. The third kappa shape index (κ3) is 3.54. The Morgan fingerprint density at radius 1 is 1.53 bits per heavy atom.